The van der Waals surface area contributed by atoms with Crippen molar-refractivity contribution < 1.29 is 4.74 Å². The van der Waals surface area contributed by atoms with Crippen molar-refractivity contribution in [2.45, 2.75) is 6.54 Å². The number of aromatic nitrogens is 3. The van der Waals surface area contributed by atoms with Crippen LogP contribution in [-0.2, 0) is 6.54 Å². The average Bonchev–Trinajstić information content (AvgIpc) is 2.72. The van der Waals surface area contributed by atoms with Gasteiger partial charge in [-0.3, -0.25) is 0 Å². The first kappa shape index (κ1) is 12.1. The van der Waals surface area contributed by atoms with Gasteiger partial charge in [0.05, 0.1) is 17.4 Å². The molecule has 0 aliphatic heterocycles. The second-order valence-corrected chi connectivity index (χ2v) is 5.61. The summed E-state index contributed by atoms with van der Waals surface area (Å²) in [7, 11) is 1.48. The van der Waals surface area contributed by atoms with E-state index >= 15 is 0 Å². The molecule has 0 saturated carbocycles. The zero-order chi connectivity index (χ0) is 12.3. The molecule has 8 heteroatoms. The number of ether oxygens (including phenoxy) is 1. The summed E-state index contributed by atoms with van der Waals surface area (Å²) < 4.78 is 5.99. The van der Waals surface area contributed by atoms with Crippen LogP contribution in [0.2, 0.25) is 0 Å². The summed E-state index contributed by atoms with van der Waals surface area (Å²) in [6.45, 7) is 0.628. The van der Waals surface area contributed by atoms with E-state index in [1.165, 1.54) is 7.11 Å². The van der Waals surface area contributed by atoms with Crippen molar-refractivity contribution in [1.29, 1.82) is 0 Å². The number of thiophene rings is 1. The molecule has 0 amide bonds. The summed E-state index contributed by atoms with van der Waals surface area (Å²) in [4.78, 5) is 13.0. The van der Waals surface area contributed by atoms with Crippen molar-refractivity contribution in [1.82, 2.24) is 15.0 Å². The van der Waals surface area contributed by atoms with Gasteiger partial charge in [0.1, 0.15) is 0 Å². The van der Waals surface area contributed by atoms with Gasteiger partial charge >= 0.3 is 6.01 Å². The maximum absolute atomic E-state index is 5.52. The number of anilines is 2. The molecule has 6 nitrogen and oxygen atoms in total. The standard InChI is InChI=1S/C9H10BrN5OS/c1-16-9-14-7(11)13-8(15-9)12-4-5-2-3-6(10)17-5/h2-3H,4H2,1H3,(H3,11,12,13,14,15). The lowest BCUT2D eigenvalue weighted by atomic mass is 10.5. The summed E-state index contributed by atoms with van der Waals surface area (Å²) in [6.07, 6.45) is 0. The molecule has 17 heavy (non-hydrogen) atoms. The zero-order valence-corrected chi connectivity index (χ0v) is 11.4. The Morgan fingerprint density at radius 2 is 2.24 bits per heavy atom. The molecular formula is C9H10BrN5OS. The molecule has 0 saturated heterocycles. The third kappa shape index (κ3) is 3.27. The summed E-state index contributed by atoms with van der Waals surface area (Å²) in [5.41, 5.74) is 5.52. The third-order valence-corrected chi connectivity index (χ3v) is 3.49. The fourth-order valence-electron chi connectivity index (χ4n) is 1.16. The largest absolute Gasteiger partial charge is 0.467 e. The quantitative estimate of drug-likeness (QED) is 0.896. The van der Waals surface area contributed by atoms with Crippen LogP contribution in [0.3, 0.4) is 0 Å². The fraction of sp³-hybridized carbons (Fsp3) is 0.222. The Labute approximate surface area is 110 Å². The molecule has 0 aliphatic rings. The highest BCUT2D eigenvalue weighted by Gasteiger charge is 2.04. The molecule has 2 heterocycles. The van der Waals surface area contributed by atoms with Crippen molar-refractivity contribution in [3.05, 3.63) is 20.8 Å². The Balaban J connectivity index is 2.05. The van der Waals surface area contributed by atoms with Gasteiger partial charge in [0.2, 0.25) is 11.9 Å². The van der Waals surface area contributed by atoms with E-state index in [2.05, 4.69) is 36.2 Å². The number of rotatable bonds is 4. The predicted molar refractivity (Wildman–Crippen MR) is 70.1 cm³/mol. The van der Waals surface area contributed by atoms with Crippen molar-refractivity contribution in [2.75, 3.05) is 18.2 Å². The first-order valence-electron chi connectivity index (χ1n) is 4.71. The summed E-state index contributed by atoms with van der Waals surface area (Å²) in [5, 5.41) is 3.06. The Morgan fingerprint density at radius 1 is 1.41 bits per heavy atom. The third-order valence-electron chi connectivity index (χ3n) is 1.86. The highest BCUT2D eigenvalue weighted by molar-refractivity contribution is 9.11. The summed E-state index contributed by atoms with van der Waals surface area (Å²) in [5.74, 6) is 0.533. The highest BCUT2D eigenvalue weighted by atomic mass is 79.9. The summed E-state index contributed by atoms with van der Waals surface area (Å²) >= 11 is 5.04. The second-order valence-electron chi connectivity index (χ2n) is 3.06. The number of methoxy groups -OCH3 is 1. The first-order valence-corrected chi connectivity index (χ1v) is 6.32. The average molecular weight is 316 g/mol. The van der Waals surface area contributed by atoms with E-state index in [-0.39, 0.29) is 12.0 Å². The van der Waals surface area contributed by atoms with Gasteiger partial charge in [-0.1, -0.05) is 0 Å². The van der Waals surface area contributed by atoms with Crippen molar-refractivity contribution >= 4 is 39.2 Å². The van der Waals surface area contributed by atoms with Gasteiger partial charge in [-0.2, -0.15) is 15.0 Å². The molecule has 2 rings (SSSR count). The molecule has 0 radical (unpaired) electrons. The first-order chi connectivity index (χ1) is 8.17. The van der Waals surface area contributed by atoms with E-state index in [1.54, 1.807) is 11.3 Å². The summed E-state index contributed by atoms with van der Waals surface area (Å²) in [6, 6.07) is 4.21. The van der Waals surface area contributed by atoms with Gasteiger partial charge in [-0.25, -0.2) is 0 Å². The molecule has 0 aromatic carbocycles. The lowest BCUT2D eigenvalue weighted by molar-refractivity contribution is 0.379. The number of hydrogen-bond acceptors (Lipinski definition) is 7. The molecule has 0 bridgehead atoms. The van der Waals surface area contributed by atoms with E-state index in [1.807, 2.05) is 12.1 Å². The zero-order valence-electron chi connectivity index (χ0n) is 8.98. The molecule has 0 aliphatic carbocycles. The second kappa shape index (κ2) is 5.28. The molecule has 0 unspecified atom stereocenters. The Bertz CT molecular complexity index is 518. The van der Waals surface area contributed by atoms with Gasteiger partial charge < -0.3 is 15.8 Å². The predicted octanol–water partition coefficient (Wildman–Crippen LogP) is 1.90. The number of hydrogen-bond donors (Lipinski definition) is 2. The lowest BCUT2D eigenvalue weighted by Crippen LogP contribution is -2.07. The van der Waals surface area contributed by atoms with Crippen molar-refractivity contribution in [3.8, 4) is 6.01 Å². The van der Waals surface area contributed by atoms with Crippen molar-refractivity contribution in [3.63, 3.8) is 0 Å². The van der Waals surface area contributed by atoms with Gasteiger partial charge in [0.15, 0.2) is 0 Å². The van der Waals surface area contributed by atoms with Gasteiger partial charge in [-0.05, 0) is 28.1 Å². The van der Waals surface area contributed by atoms with Crippen LogP contribution in [0.25, 0.3) is 0 Å². The van der Waals surface area contributed by atoms with Crippen LogP contribution in [0.1, 0.15) is 4.88 Å². The molecule has 2 aromatic heterocycles. The number of nitrogens with one attached hydrogen (secondary N) is 1. The maximum atomic E-state index is 5.52. The molecule has 0 atom stereocenters. The minimum Gasteiger partial charge on any atom is -0.467 e. The van der Waals surface area contributed by atoms with Gasteiger partial charge in [0.25, 0.3) is 0 Å². The minimum absolute atomic E-state index is 0.131. The van der Waals surface area contributed by atoms with Crippen LogP contribution in [0.15, 0.2) is 15.9 Å². The lowest BCUT2D eigenvalue weighted by Gasteiger charge is -2.04. The van der Waals surface area contributed by atoms with E-state index in [4.69, 9.17) is 10.5 Å². The van der Waals surface area contributed by atoms with Crippen LogP contribution in [0, 0.1) is 0 Å². The maximum Gasteiger partial charge on any atom is 0.322 e. The van der Waals surface area contributed by atoms with Crippen molar-refractivity contribution in [2.24, 2.45) is 0 Å². The molecule has 2 aromatic rings. The smallest absolute Gasteiger partial charge is 0.322 e. The van der Waals surface area contributed by atoms with E-state index in [9.17, 15) is 0 Å². The van der Waals surface area contributed by atoms with E-state index < -0.39 is 0 Å². The highest BCUT2D eigenvalue weighted by Crippen LogP contribution is 2.22. The minimum atomic E-state index is 0.131. The Hall–Kier alpha value is -1.41. The van der Waals surface area contributed by atoms with Crippen LogP contribution >= 0.6 is 27.3 Å². The van der Waals surface area contributed by atoms with Crippen LogP contribution in [-0.4, -0.2) is 22.1 Å². The Morgan fingerprint density at radius 3 is 2.88 bits per heavy atom. The van der Waals surface area contributed by atoms with Gasteiger partial charge in [-0.15, -0.1) is 11.3 Å². The number of halogens is 1. The van der Waals surface area contributed by atoms with Gasteiger partial charge in [0, 0.05) is 4.88 Å². The van der Waals surface area contributed by atoms with Crippen LogP contribution in [0.5, 0.6) is 6.01 Å². The molecule has 3 N–H and O–H groups in total. The molecular weight excluding hydrogens is 306 g/mol. The number of nitrogens with two attached hydrogens (primary N) is 1. The van der Waals surface area contributed by atoms with E-state index in [0.29, 0.717) is 12.5 Å². The monoisotopic (exact) mass is 315 g/mol. The normalized spacial score (nSPS) is 10.2. The topological polar surface area (TPSA) is 86.0 Å². The Kier molecular flexibility index (Phi) is 3.75. The SMILES string of the molecule is COc1nc(N)nc(NCc2ccc(Br)s2)n1. The number of nitrogen functional groups attached to an aromatic ring is 1. The van der Waals surface area contributed by atoms with Crippen LogP contribution in [0.4, 0.5) is 11.9 Å². The number of nitrogens with zero attached hydrogens (tertiary/aromatic N) is 3. The van der Waals surface area contributed by atoms with E-state index in [0.717, 1.165) is 8.66 Å². The molecule has 0 spiro atoms. The molecule has 90 valence electrons. The fourth-order valence-corrected chi connectivity index (χ4v) is 2.58. The van der Waals surface area contributed by atoms with Crippen LogP contribution < -0.4 is 15.8 Å². The molecule has 0 fully saturated rings.